The summed E-state index contributed by atoms with van der Waals surface area (Å²) in [5.74, 6) is 0. The van der Waals surface area contributed by atoms with Crippen molar-refractivity contribution in [1.82, 2.24) is 4.31 Å². The van der Waals surface area contributed by atoms with Crippen molar-refractivity contribution < 1.29 is 23.9 Å². The SMILES string of the molecule is O=S([O-])N(CCO)CCO.O=[N+]([O-])c1ccccc1Cl. The molecule has 1 aromatic rings. The quantitative estimate of drug-likeness (QED) is 0.440. The highest BCUT2D eigenvalue weighted by Crippen LogP contribution is 2.21. The number of nitro benzene ring substituents is 1. The first-order valence-corrected chi connectivity index (χ1v) is 6.80. The summed E-state index contributed by atoms with van der Waals surface area (Å²) in [7, 11) is 0. The number of rotatable bonds is 6. The normalized spacial score (nSPS) is 11.7. The van der Waals surface area contributed by atoms with E-state index in [2.05, 4.69) is 0 Å². The van der Waals surface area contributed by atoms with E-state index >= 15 is 0 Å². The first-order valence-electron chi connectivity index (χ1n) is 5.39. The molecule has 0 bridgehead atoms. The molecule has 0 fully saturated rings. The minimum absolute atomic E-state index is 0.0384. The molecule has 0 aliphatic heterocycles. The van der Waals surface area contributed by atoms with Crippen molar-refractivity contribution in [1.29, 1.82) is 0 Å². The summed E-state index contributed by atoms with van der Waals surface area (Å²) in [5.41, 5.74) is -0.0517. The molecule has 1 rings (SSSR count). The Bertz CT molecular complexity index is 442. The molecule has 0 aliphatic carbocycles. The standard InChI is InChI=1S/C6H4ClNO2.C4H11NO4S/c7-5-3-1-2-4-6(5)8(9)10;6-3-1-5(2-4-7)10(8)9/h1-4H;6-7H,1-4H2,(H,8,9)/p-1. The molecule has 0 spiro atoms. The van der Waals surface area contributed by atoms with Gasteiger partial charge in [-0.1, -0.05) is 23.7 Å². The molecule has 0 heterocycles. The number of hydrogen-bond acceptors (Lipinski definition) is 6. The summed E-state index contributed by atoms with van der Waals surface area (Å²) in [6.07, 6.45) is 0. The second kappa shape index (κ2) is 10.7. The molecule has 20 heavy (non-hydrogen) atoms. The molecule has 114 valence electrons. The van der Waals surface area contributed by atoms with Crippen molar-refractivity contribution in [2.45, 2.75) is 0 Å². The number of aliphatic hydroxyl groups excluding tert-OH is 2. The van der Waals surface area contributed by atoms with Gasteiger partial charge in [-0.15, -0.1) is 0 Å². The number of halogens is 1. The molecular formula is C10H14ClN2O6S-. The van der Waals surface area contributed by atoms with Crippen LogP contribution in [0.4, 0.5) is 5.69 Å². The fraction of sp³-hybridized carbons (Fsp3) is 0.400. The van der Waals surface area contributed by atoms with Gasteiger partial charge in [-0.3, -0.25) is 14.3 Å². The van der Waals surface area contributed by atoms with Crippen LogP contribution in [0.2, 0.25) is 5.02 Å². The number of aliphatic hydroxyl groups is 2. The van der Waals surface area contributed by atoms with Gasteiger partial charge in [0.2, 0.25) is 0 Å². The lowest BCUT2D eigenvalue weighted by atomic mass is 10.3. The summed E-state index contributed by atoms with van der Waals surface area (Å²) in [6.45, 7) is -0.380. The van der Waals surface area contributed by atoms with Crippen molar-refractivity contribution in [3.05, 3.63) is 39.4 Å². The lowest BCUT2D eigenvalue weighted by molar-refractivity contribution is -0.384. The molecule has 0 saturated heterocycles. The Morgan fingerprint density at radius 2 is 1.75 bits per heavy atom. The topological polar surface area (TPSA) is 127 Å². The van der Waals surface area contributed by atoms with Gasteiger partial charge in [0.25, 0.3) is 5.69 Å². The average molecular weight is 326 g/mol. The van der Waals surface area contributed by atoms with E-state index in [9.17, 15) is 18.9 Å². The summed E-state index contributed by atoms with van der Waals surface area (Å²) in [6, 6.07) is 6.07. The lowest BCUT2D eigenvalue weighted by Crippen LogP contribution is -2.31. The van der Waals surface area contributed by atoms with Gasteiger partial charge in [0, 0.05) is 30.4 Å². The average Bonchev–Trinajstić information content (AvgIpc) is 2.39. The number of nitro groups is 1. The zero-order valence-electron chi connectivity index (χ0n) is 10.3. The highest BCUT2D eigenvalue weighted by atomic mass is 35.5. The van der Waals surface area contributed by atoms with E-state index in [-0.39, 0.29) is 37.0 Å². The van der Waals surface area contributed by atoms with Crippen LogP contribution in [0.15, 0.2) is 24.3 Å². The maximum absolute atomic E-state index is 10.2. The molecule has 1 unspecified atom stereocenters. The second-order valence-corrected chi connectivity index (χ2v) is 4.66. The number of para-hydroxylation sites is 1. The van der Waals surface area contributed by atoms with Crippen LogP contribution in [0.25, 0.3) is 0 Å². The van der Waals surface area contributed by atoms with E-state index in [1.165, 1.54) is 12.1 Å². The molecule has 0 aliphatic rings. The van der Waals surface area contributed by atoms with Crippen LogP contribution >= 0.6 is 11.6 Å². The van der Waals surface area contributed by atoms with Crippen LogP contribution in [0.3, 0.4) is 0 Å². The van der Waals surface area contributed by atoms with Crippen LogP contribution in [-0.4, -0.2) is 54.5 Å². The van der Waals surface area contributed by atoms with E-state index in [1.807, 2.05) is 0 Å². The Kier molecular flexibility index (Phi) is 10.1. The van der Waals surface area contributed by atoms with Crippen LogP contribution in [0, 0.1) is 10.1 Å². The molecule has 2 N–H and O–H groups in total. The molecule has 0 aromatic heterocycles. The molecule has 1 atom stereocenters. The van der Waals surface area contributed by atoms with Crippen LogP contribution in [-0.2, 0) is 11.3 Å². The minimum Gasteiger partial charge on any atom is -0.760 e. The molecule has 0 amide bonds. The van der Waals surface area contributed by atoms with Gasteiger partial charge in [-0.2, -0.15) is 0 Å². The third kappa shape index (κ3) is 7.48. The Balaban J connectivity index is 0.000000361. The smallest absolute Gasteiger partial charge is 0.287 e. The maximum atomic E-state index is 10.2. The Hall–Kier alpha value is -1.10. The third-order valence-electron chi connectivity index (χ3n) is 1.96. The van der Waals surface area contributed by atoms with Crippen LogP contribution in [0.5, 0.6) is 0 Å². The summed E-state index contributed by atoms with van der Waals surface area (Å²) in [4.78, 5) is 9.63. The monoisotopic (exact) mass is 325 g/mol. The lowest BCUT2D eigenvalue weighted by Gasteiger charge is -2.21. The first kappa shape index (κ1) is 18.9. The second-order valence-electron chi connectivity index (χ2n) is 3.30. The predicted octanol–water partition coefficient (Wildman–Crippen LogP) is 0.315. The largest absolute Gasteiger partial charge is 0.760 e. The van der Waals surface area contributed by atoms with Crippen molar-refractivity contribution >= 4 is 28.6 Å². The van der Waals surface area contributed by atoms with Gasteiger partial charge in [0.15, 0.2) is 0 Å². The van der Waals surface area contributed by atoms with Gasteiger partial charge in [0.05, 0.1) is 18.1 Å². The molecule has 1 aromatic carbocycles. The van der Waals surface area contributed by atoms with Gasteiger partial charge >= 0.3 is 0 Å². The molecule has 0 radical (unpaired) electrons. The highest BCUT2D eigenvalue weighted by molar-refractivity contribution is 7.76. The van der Waals surface area contributed by atoms with Gasteiger partial charge in [-0.05, 0) is 6.07 Å². The zero-order chi connectivity index (χ0) is 15.5. The minimum atomic E-state index is -2.34. The van der Waals surface area contributed by atoms with Crippen LogP contribution < -0.4 is 0 Å². The first-order chi connectivity index (χ1) is 9.43. The molecular weight excluding hydrogens is 312 g/mol. The molecule has 0 saturated carbocycles. The van der Waals surface area contributed by atoms with E-state index in [0.717, 1.165) is 4.31 Å². The van der Waals surface area contributed by atoms with E-state index in [1.54, 1.807) is 12.1 Å². The van der Waals surface area contributed by atoms with E-state index in [0.29, 0.717) is 0 Å². The fourth-order valence-corrected chi connectivity index (χ4v) is 1.75. The molecule has 10 heteroatoms. The van der Waals surface area contributed by atoms with Crippen molar-refractivity contribution in [2.24, 2.45) is 0 Å². The molecule has 8 nitrogen and oxygen atoms in total. The van der Waals surface area contributed by atoms with Gasteiger partial charge < -0.3 is 14.8 Å². The third-order valence-corrected chi connectivity index (χ3v) is 3.07. The van der Waals surface area contributed by atoms with Crippen molar-refractivity contribution in [3.63, 3.8) is 0 Å². The maximum Gasteiger partial charge on any atom is 0.287 e. The van der Waals surface area contributed by atoms with Crippen molar-refractivity contribution in [3.8, 4) is 0 Å². The van der Waals surface area contributed by atoms with Gasteiger partial charge in [0.1, 0.15) is 5.02 Å². The van der Waals surface area contributed by atoms with Crippen molar-refractivity contribution in [2.75, 3.05) is 26.3 Å². The Morgan fingerprint density at radius 3 is 2.05 bits per heavy atom. The van der Waals surface area contributed by atoms with E-state index < -0.39 is 16.2 Å². The predicted molar refractivity (Wildman–Crippen MR) is 72.8 cm³/mol. The Morgan fingerprint density at radius 1 is 1.25 bits per heavy atom. The summed E-state index contributed by atoms with van der Waals surface area (Å²) in [5, 5.41) is 26.9. The highest BCUT2D eigenvalue weighted by Gasteiger charge is 2.08. The Labute approximate surface area is 123 Å². The van der Waals surface area contributed by atoms with Crippen LogP contribution in [0.1, 0.15) is 0 Å². The number of benzene rings is 1. The number of hydrogen-bond donors (Lipinski definition) is 2. The van der Waals surface area contributed by atoms with Gasteiger partial charge in [-0.25, -0.2) is 4.31 Å². The number of nitrogens with zero attached hydrogens (tertiary/aromatic N) is 2. The summed E-state index contributed by atoms with van der Waals surface area (Å²) >= 11 is 3.14. The summed E-state index contributed by atoms with van der Waals surface area (Å²) < 4.78 is 21.3. The zero-order valence-corrected chi connectivity index (χ0v) is 11.9. The van der Waals surface area contributed by atoms with E-state index in [4.69, 9.17) is 21.8 Å². The fourth-order valence-electron chi connectivity index (χ4n) is 1.08.